The summed E-state index contributed by atoms with van der Waals surface area (Å²) in [7, 11) is 0. The summed E-state index contributed by atoms with van der Waals surface area (Å²) in [6.45, 7) is 18.9. The zero-order valence-electron chi connectivity index (χ0n) is 34.6. The molecule has 0 aromatic rings. The van der Waals surface area contributed by atoms with Crippen molar-refractivity contribution >= 4 is 11.7 Å². The maximum absolute atomic E-state index is 2.76. The van der Waals surface area contributed by atoms with Gasteiger partial charge in [0.05, 0.1) is 13.1 Å². The second-order valence-corrected chi connectivity index (χ2v) is 15.6. The van der Waals surface area contributed by atoms with Gasteiger partial charge in [0.1, 0.15) is 39.3 Å². The second kappa shape index (κ2) is 32.1. The molecular formula is C46H88N4+2. The lowest BCUT2D eigenvalue weighted by Gasteiger charge is -2.13. The van der Waals surface area contributed by atoms with Gasteiger partial charge in [-0.3, -0.25) is 19.0 Å². The highest BCUT2D eigenvalue weighted by Crippen LogP contribution is 2.16. The molecule has 4 heteroatoms. The van der Waals surface area contributed by atoms with Gasteiger partial charge >= 0.3 is 0 Å². The molecule has 50 heavy (non-hydrogen) atoms. The quantitative estimate of drug-likeness (QED) is 0.0371. The van der Waals surface area contributed by atoms with E-state index >= 15 is 0 Å². The lowest BCUT2D eigenvalue weighted by molar-refractivity contribution is -0.591. The van der Waals surface area contributed by atoms with Crippen LogP contribution in [0.25, 0.3) is 0 Å². The highest BCUT2D eigenvalue weighted by Gasteiger charge is 2.31. The first-order chi connectivity index (χ1) is 24.7. The highest BCUT2D eigenvalue weighted by molar-refractivity contribution is 5.79. The number of nitrogens with zero attached hydrogens (tertiary/aromatic N) is 4. The third-order valence-corrected chi connectivity index (χ3v) is 11.5. The maximum Gasteiger partial charge on any atom is 0.247 e. The van der Waals surface area contributed by atoms with Gasteiger partial charge in [0.25, 0.3) is 0 Å². The first-order valence-electron chi connectivity index (χ1n) is 22.8. The van der Waals surface area contributed by atoms with Crippen molar-refractivity contribution < 1.29 is 9.15 Å². The van der Waals surface area contributed by atoms with Crippen molar-refractivity contribution in [2.75, 3.05) is 52.4 Å². The molecule has 2 aliphatic rings. The largest absolute Gasteiger partial charge is 0.262 e. The van der Waals surface area contributed by atoms with Crippen LogP contribution in [0.1, 0.15) is 207 Å². The summed E-state index contributed by atoms with van der Waals surface area (Å²) in [5.41, 5.74) is 0. The molecule has 0 aromatic heterocycles. The van der Waals surface area contributed by atoms with Gasteiger partial charge in [0, 0.05) is 12.8 Å². The van der Waals surface area contributed by atoms with Crippen molar-refractivity contribution in [1.29, 1.82) is 0 Å². The van der Waals surface area contributed by atoms with E-state index in [1.54, 1.807) is 11.7 Å². The Hall–Kier alpha value is -1.58. The summed E-state index contributed by atoms with van der Waals surface area (Å²) in [6, 6.07) is 0. The minimum atomic E-state index is 1.16. The number of likely N-dealkylation sites (N-methyl/N-ethyl adjacent to an activating group) is 2. The molecule has 0 saturated heterocycles. The second-order valence-electron chi connectivity index (χ2n) is 15.6. The van der Waals surface area contributed by atoms with E-state index in [2.05, 4.69) is 70.9 Å². The highest BCUT2D eigenvalue weighted by atomic mass is 15.3. The number of amidine groups is 2. The lowest BCUT2D eigenvalue weighted by Crippen LogP contribution is -2.33. The minimum absolute atomic E-state index is 1.16. The third-order valence-electron chi connectivity index (χ3n) is 11.5. The van der Waals surface area contributed by atoms with Crippen molar-refractivity contribution in [2.24, 2.45) is 0 Å². The molecule has 2 heterocycles. The van der Waals surface area contributed by atoms with Gasteiger partial charge < -0.3 is 0 Å². The Bertz CT molecular complexity index is 841. The molecule has 4 nitrogen and oxygen atoms in total. The molecule has 0 amide bonds. The Morgan fingerprint density at radius 2 is 0.700 bits per heavy atom. The zero-order valence-corrected chi connectivity index (χ0v) is 34.6. The fraction of sp³-hybridized carbons (Fsp3) is 0.870. The normalized spacial score (nSPS) is 15.4. The fourth-order valence-electron chi connectivity index (χ4n) is 8.14. The average Bonchev–Trinajstić information content (AvgIpc) is 3.73. The number of allylic oxidation sites excluding steroid dienone is 4. The number of unbranched alkanes of at least 4 members (excludes halogenated alkanes) is 22. The van der Waals surface area contributed by atoms with Gasteiger partial charge in [-0.05, 0) is 78.1 Å². The predicted octanol–water partition coefficient (Wildman–Crippen LogP) is 12.6. The van der Waals surface area contributed by atoms with E-state index in [1.165, 1.54) is 219 Å². The molecular weight excluding hydrogens is 609 g/mol. The van der Waals surface area contributed by atoms with Crippen LogP contribution in [0.2, 0.25) is 0 Å². The molecule has 2 aliphatic heterocycles. The van der Waals surface area contributed by atoms with Gasteiger partial charge in [0.15, 0.2) is 0 Å². The average molecular weight is 697 g/mol. The SMILES string of the molecule is CCCCCCCCC=CCCCCCCCC1=[N+](CC[N+]2=C(CCCCCCCC=CCCCCCCCC)N(CC)CC2)CCN1CC. The summed E-state index contributed by atoms with van der Waals surface area (Å²) >= 11 is 0. The van der Waals surface area contributed by atoms with E-state index in [0.717, 1.165) is 13.1 Å². The first kappa shape index (κ1) is 44.6. The summed E-state index contributed by atoms with van der Waals surface area (Å²) in [4.78, 5) is 5.35. The Balaban J connectivity index is 1.61. The lowest BCUT2D eigenvalue weighted by atomic mass is 10.1. The van der Waals surface area contributed by atoms with E-state index in [-0.39, 0.29) is 0 Å². The predicted molar refractivity (Wildman–Crippen MR) is 223 cm³/mol. The molecule has 0 saturated carbocycles. The van der Waals surface area contributed by atoms with Crippen LogP contribution < -0.4 is 0 Å². The summed E-state index contributed by atoms with van der Waals surface area (Å²) in [6.07, 6.45) is 48.2. The topological polar surface area (TPSA) is 12.5 Å². The Labute approximate surface area is 314 Å². The Morgan fingerprint density at radius 1 is 0.400 bits per heavy atom. The number of rotatable bonds is 35. The summed E-state index contributed by atoms with van der Waals surface area (Å²) in [5, 5.41) is 0. The molecule has 0 fully saturated rings. The van der Waals surface area contributed by atoms with Crippen LogP contribution in [0.3, 0.4) is 0 Å². The van der Waals surface area contributed by atoms with E-state index in [4.69, 9.17) is 0 Å². The molecule has 0 atom stereocenters. The maximum atomic E-state index is 2.76. The smallest absolute Gasteiger partial charge is 0.247 e. The number of hydrogen-bond donors (Lipinski definition) is 0. The van der Waals surface area contributed by atoms with E-state index in [0.29, 0.717) is 0 Å². The van der Waals surface area contributed by atoms with E-state index < -0.39 is 0 Å². The van der Waals surface area contributed by atoms with Crippen molar-refractivity contribution in [3.8, 4) is 0 Å². The molecule has 0 spiro atoms. The molecule has 0 N–H and O–H groups in total. The molecule has 290 valence electrons. The van der Waals surface area contributed by atoms with Gasteiger partial charge in [-0.25, -0.2) is 0 Å². The van der Waals surface area contributed by atoms with Crippen LogP contribution in [0.5, 0.6) is 0 Å². The summed E-state index contributed by atoms with van der Waals surface area (Å²) < 4.78 is 5.51. The van der Waals surface area contributed by atoms with Crippen molar-refractivity contribution in [1.82, 2.24) is 9.80 Å². The van der Waals surface area contributed by atoms with Gasteiger partial charge in [-0.1, -0.05) is 141 Å². The molecule has 0 bridgehead atoms. The van der Waals surface area contributed by atoms with Crippen LogP contribution in [-0.4, -0.2) is 83.0 Å². The van der Waals surface area contributed by atoms with Gasteiger partial charge in [-0.2, -0.15) is 0 Å². The summed E-state index contributed by atoms with van der Waals surface area (Å²) in [5.74, 6) is 3.30. The van der Waals surface area contributed by atoms with E-state index in [1.807, 2.05) is 0 Å². The van der Waals surface area contributed by atoms with Crippen LogP contribution in [-0.2, 0) is 0 Å². The van der Waals surface area contributed by atoms with Crippen molar-refractivity contribution in [2.45, 2.75) is 207 Å². The molecule has 2 rings (SSSR count). The monoisotopic (exact) mass is 697 g/mol. The van der Waals surface area contributed by atoms with Crippen LogP contribution >= 0.6 is 0 Å². The van der Waals surface area contributed by atoms with E-state index in [9.17, 15) is 0 Å². The fourth-order valence-corrected chi connectivity index (χ4v) is 8.14. The van der Waals surface area contributed by atoms with Crippen molar-refractivity contribution in [3.63, 3.8) is 0 Å². The molecule has 0 aromatic carbocycles. The van der Waals surface area contributed by atoms with Gasteiger partial charge in [-0.15, -0.1) is 0 Å². The van der Waals surface area contributed by atoms with Crippen LogP contribution in [0.4, 0.5) is 0 Å². The molecule has 0 aliphatic carbocycles. The standard InChI is InChI=1S/C46H88N4/c1-5-9-11-13-15-17-19-21-23-25-27-29-31-33-35-37-45-47(7-3)39-41-49(45)43-44-50-42-40-48(8-4)46(50)38-36-34-32-30-28-26-24-22-20-18-16-14-12-10-6-2/h21-24H,5-20,25-44H2,1-4H3/q+2. The first-order valence-corrected chi connectivity index (χ1v) is 22.8. The van der Waals surface area contributed by atoms with Crippen LogP contribution in [0, 0.1) is 0 Å². The zero-order chi connectivity index (χ0) is 35.7. The van der Waals surface area contributed by atoms with Crippen molar-refractivity contribution in [3.05, 3.63) is 24.3 Å². The van der Waals surface area contributed by atoms with Crippen LogP contribution in [0.15, 0.2) is 24.3 Å². The van der Waals surface area contributed by atoms with Gasteiger partial charge in [0.2, 0.25) is 11.7 Å². The minimum Gasteiger partial charge on any atom is -0.262 e. The molecule has 0 unspecified atom stereocenters. The number of hydrogen-bond acceptors (Lipinski definition) is 2. The Kier molecular flexibility index (Phi) is 28.6. The Morgan fingerprint density at radius 3 is 1.02 bits per heavy atom. The molecule has 0 radical (unpaired) electrons. The third kappa shape index (κ3) is 21.1.